The lowest BCUT2D eigenvalue weighted by atomic mass is 9.72. The molecule has 0 amide bonds. The largest absolute Gasteiger partial charge is 0.744 e. The molecule has 50 heavy (non-hydrogen) atoms. The van der Waals surface area contributed by atoms with Crippen molar-refractivity contribution < 1.29 is 67.1 Å². The molecule has 7 N–H and O–H groups in total. The fourth-order valence-electron chi connectivity index (χ4n) is 6.46. The van der Waals surface area contributed by atoms with Gasteiger partial charge in [-0.05, 0) is 32.0 Å². The van der Waals surface area contributed by atoms with E-state index in [1.165, 1.54) is 37.4 Å². The van der Waals surface area contributed by atoms with Crippen LogP contribution in [0.4, 0.5) is 0 Å². The molecule has 16 heteroatoms. The molecule has 15 nitrogen and oxygen atoms in total. The summed E-state index contributed by atoms with van der Waals surface area (Å²) < 4.78 is 48.2. The molecule has 0 bridgehead atoms. The van der Waals surface area contributed by atoms with Crippen molar-refractivity contribution >= 4 is 27.5 Å². The van der Waals surface area contributed by atoms with Crippen molar-refractivity contribution in [3.8, 4) is 17.2 Å². The number of hydrogen-bond acceptors (Lipinski definition) is 15. The van der Waals surface area contributed by atoms with E-state index in [0.29, 0.717) is 0 Å². The molecule has 268 valence electrons. The third-order valence-corrected chi connectivity index (χ3v) is 9.96. The Bertz CT molecular complexity index is 1950. The number of aryl methyl sites for hydroxylation is 1. The monoisotopic (exact) mass is 714 g/mol. The fourth-order valence-corrected chi connectivity index (χ4v) is 6.92. The van der Waals surface area contributed by atoms with Crippen LogP contribution in [0.3, 0.4) is 0 Å². The maximum Gasteiger partial charge on any atom is 0.202 e. The Morgan fingerprint density at radius 1 is 1.06 bits per heavy atom. The first kappa shape index (κ1) is 37.0. The van der Waals surface area contributed by atoms with Gasteiger partial charge in [-0.1, -0.05) is 29.8 Å². The lowest BCUT2D eigenvalue weighted by Gasteiger charge is -2.42. The van der Waals surface area contributed by atoms with Gasteiger partial charge in [0.05, 0.1) is 47.0 Å². The zero-order chi connectivity index (χ0) is 36.9. The molecule has 3 aliphatic rings. The average molecular weight is 715 g/mol. The van der Waals surface area contributed by atoms with Crippen LogP contribution in [0.15, 0.2) is 47.4 Å². The second kappa shape index (κ2) is 13.8. The van der Waals surface area contributed by atoms with E-state index in [9.17, 15) is 52.9 Å². The van der Waals surface area contributed by atoms with Gasteiger partial charge in [-0.15, -0.1) is 0 Å². The second-order valence-electron chi connectivity index (χ2n) is 12.4. The minimum Gasteiger partial charge on any atom is -0.744 e. The van der Waals surface area contributed by atoms with Crippen LogP contribution in [0.1, 0.15) is 74.4 Å². The SMILES string of the molecule is COc1cccc2c1C(=O)c1c(O)c3c(c(O)c1C2=O)C[C@@](O)(C(=O)CO)C[C@@H]3O[C@H]1C[C@H](N)[C@H](O)[C@H](C)O1.Cc1ccc(S(=O)(=O)[O-])cc1. The number of aromatic hydroxyl groups is 2. The molecule has 1 saturated heterocycles. The number of fused-ring (bicyclic) bond motifs is 3. The van der Waals surface area contributed by atoms with Crippen molar-refractivity contribution in [1.29, 1.82) is 0 Å². The Hall–Kier alpha value is -4.26. The summed E-state index contributed by atoms with van der Waals surface area (Å²) in [4.78, 5) is 39.6. The van der Waals surface area contributed by atoms with Crippen LogP contribution in [-0.4, -0.2) is 99.7 Å². The van der Waals surface area contributed by atoms with Gasteiger partial charge < -0.3 is 50.0 Å². The molecule has 1 heterocycles. The highest BCUT2D eigenvalue weighted by Gasteiger charge is 2.50. The molecular weight excluding hydrogens is 678 g/mol. The van der Waals surface area contributed by atoms with Crippen LogP contribution in [0.25, 0.3) is 0 Å². The number of aliphatic hydroxyl groups is 3. The number of phenolic OH excluding ortho intramolecular Hbond substituents is 2. The number of nitrogens with two attached hydrogens (primary N) is 1. The van der Waals surface area contributed by atoms with Gasteiger partial charge in [0, 0.05) is 42.0 Å². The predicted molar refractivity (Wildman–Crippen MR) is 171 cm³/mol. The maximum atomic E-state index is 13.6. The highest BCUT2D eigenvalue weighted by Crippen LogP contribution is 2.52. The molecule has 6 atom stereocenters. The van der Waals surface area contributed by atoms with Crippen molar-refractivity contribution in [3.63, 3.8) is 0 Å². The molecule has 1 fully saturated rings. The van der Waals surface area contributed by atoms with Crippen LogP contribution in [-0.2, 0) is 30.8 Å². The number of methoxy groups -OCH3 is 1. The summed E-state index contributed by atoms with van der Waals surface area (Å²) in [5.74, 6) is -3.77. The quantitative estimate of drug-likeness (QED) is 0.120. The molecule has 2 aliphatic carbocycles. The summed E-state index contributed by atoms with van der Waals surface area (Å²) in [6.45, 7) is 2.38. The number of Topliss-reactive ketones (excluding diaryl/α,β-unsaturated/α-hetero) is 1. The van der Waals surface area contributed by atoms with Crippen molar-refractivity contribution in [3.05, 3.63) is 81.4 Å². The number of ether oxygens (including phenoxy) is 3. The summed E-state index contributed by atoms with van der Waals surface area (Å²) in [7, 11) is -2.95. The highest BCUT2D eigenvalue weighted by atomic mass is 32.2. The van der Waals surface area contributed by atoms with E-state index >= 15 is 0 Å². The predicted octanol–water partition coefficient (Wildman–Crippen LogP) is 0.900. The van der Waals surface area contributed by atoms with Gasteiger partial charge in [0.1, 0.15) is 39.6 Å². The number of carbonyl (C=O) groups excluding carboxylic acids is 3. The second-order valence-corrected chi connectivity index (χ2v) is 13.8. The summed E-state index contributed by atoms with van der Waals surface area (Å²) in [6, 6.07) is 9.42. The first-order chi connectivity index (χ1) is 23.4. The Kier molecular flexibility index (Phi) is 10.2. The molecular formula is C34H36NO14S-. The highest BCUT2D eigenvalue weighted by molar-refractivity contribution is 7.85. The molecule has 0 unspecified atom stereocenters. The first-order valence-electron chi connectivity index (χ1n) is 15.4. The van der Waals surface area contributed by atoms with Crippen molar-refractivity contribution in [1.82, 2.24) is 0 Å². The molecule has 3 aromatic carbocycles. The van der Waals surface area contributed by atoms with Crippen molar-refractivity contribution in [2.45, 2.75) is 74.3 Å². The van der Waals surface area contributed by atoms with Crippen LogP contribution >= 0.6 is 0 Å². The van der Waals surface area contributed by atoms with Gasteiger partial charge in [0.25, 0.3) is 0 Å². The average Bonchev–Trinajstić information content (AvgIpc) is 3.06. The Balaban J connectivity index is 0.000000377. The molecule has 0 saturated carbocycles. The molecule has 0 aromatic heterocycles. The van der Waals surface area contributed by atoms with Crippen LogP contribution < -0.4 is 10.5 Å². The summed E-state index contributed by atoms with van der Waals surface area (Å²) >= 11 is 0. The van der Waals surface area contributed by atoms with E-state index in [1.54, 1.807) is 19.1 Å². The molecule has 3 aromatic rings. The lowest BCUT2D eigenvalue weighted by Crippen LogP contribution is -2.53. The smallest absolute Gasteiger partial charge is 0.202 e. The van der Waals surface area contributed by atoms with Gasteiger partial charge in [0.2, 0.25) is 5.78 Å². The van der Waals surface area contributed by atoms with E-state index in [4.69, 9.17) is 19.9 Å². The zero-order valence-corrected chi connectivity index (χ0v) is 28.0. The third kappa shape index (κ3) is 6.63. The number of aliphatic hydroxyl groups excluding tert-OH is 2. The van der Waals surface area contributed by atoms with Crippen LogP contribution in [0.2, 0.25) is 0 Å². The number of rotatable bonds is 6. The Morgan fingerprint density at radius 2 is 1.70 bits per heavy atom. The number of ketones is 3. The van der Waals surface area contributed by atoms with Crippen LogP contribution in [0, 0.1) is 6.92 Å². The van der Waals surface area contributed by atoms with Gasteiger partial charge in [-0.25, -0.2) is 8.42 Å². The van der Waals surface area contributed by atoms with E-state index in [0.717, 1.165) is 5.56 Å². The third-order valence-electron chi connectivity index (χ3n) is 9.11. The minimum absolute atomic E-state index is 0.0173. The standard InChI is InChI=1S/C27H29NO11.C7H8O3S/c1-10-22(31)13(28)6-17(38-10)39-15-8-27(36,16(30)9-29)7-12-19(15)26(35)21-20(24(12)33)23(32)11-4-3-5-14(37-2)18(11)25(21)34;1-6-2-4-7(5-3-6)11(8,9)10/h3-5,10,13,15,17,22,29,31,33,35-36H,6-9,28H2,1-2H3;2-5H,1H3,(H,8,9,10)/p-1/t10-,13-,15-,17-,22+,27-;/m0./s1. The van der Waals surface area contributed by atoms with Gasteiger partial charge in [-0.2, -0.15) is 0 Å². The Labute approximate surface area is 286 Å². The number of carbonyl (C=O) groups is 3. The van der Waals surface area contributed by atoms with Crippen LogP contribution in [0.5, 0.6) is 17.2 Å². The Morgan fingerprint density at radius 3 is 2.28 bits per heavy atom. The van der Waals surface area contributed by atoms with E-state index in [-0.39, 0.29) is 39.3 Å². The number of benzene rings is 3. The maximum absolute atomic E-state index is 13.6. The fraction of sp³-hybridized carbons (Fsp3) is 0.382. The van der Waals surface area contributed by atoms with Crippen molar-refractivity contribution in [2.75, 3.05) is 13.7 Å². The molecule has 0 spiro atoms. The topological polar surface area (TPSA) is 263 Å². The summed E-state index contributed by atoms with van der Waals surface area (Å²) in [5.41, 5.74) is 3.30. The van der Waals surface area contributed by atoms with Gasteiger partial charge in [0.15, 0.2) is 17.9 Å². The van der Waals surface area contributed by atoms with Crippen molar-refractivity contribution in [2.24, 2.45) is 5.73 Å². The first-order valence-corrected chi connectivity index (χ1v) is 16.8. The molecule has 6 rings (SSSR count). The summed E-state index contributed by atoms with van der Waals surface area (Å²) in [5, 5.41) is 53.7. The lowest BCUT2D eigenvalue weighted by molar-refractivity contribution is -0.247. The van der Waals surface area contributed by atoms with Gasteiger partial charge >= 0.3 is 0 Å². The van der Waals surface area contributed by atoms with E-state index in [2.05, 4.69) is 0 Å². The number of hydrogen-bond donors (Lipinski definition) is 6. The molecule has 0 radical (unpaired) electrons. The zero-order valence-electron chi connectivity index (χ0n) is 27.2. The molecule has 1 aliphatic heterocycles. The minimum atomic E-state index is -4.27. The van der Waals surface area contributed by atoms with E-state index in [1.807, 2.05) is 6.92 Å². The van der Waals surface area contributed by atoms with Gasteiger partial charge in [-0.3, -0.25) is 14.4 Å². The van der Waals surface area contributed by atoms with E-state index < -0.39 is 106 Å². The number of phenols is 2. The normalized spacial score (nSPS) is 25.8. The summed E-state index contributed by atoms with van der Waals surface area (Å²) in [6.07, 6.45) is -5.12.